The van der Waals surface area contributed by atoms with E-state index in [1.54, 1.807) is 12.1 Å². The second-order valence-corrected chi connectivity index (χ2v) is 3.33. The summed E-state index contributed by atoms with van der Waals surface area (Å²) < 4.78 is 10.7. The molecule has 0 spiro atoms. The maximum atomic E-state index is 10.9. The first-order chi connectivity index (χ1) is 6.22. The molecule has 0 unspecified atom stereocenters. The first kappa shape index (κ1) is 8.37. The van der Waals surface area contributed by atoms with Gasteiger partial charge in [-0.2, -0.15) is 0 Å². The molecule has 0 radical (unpaired) electrons. The Bertz CT molecular complexity index is 500. The fourth-order valence-electron chi connectivity index (χ4n) is 1.16. The van der Waals surface area contributed by atoms with Gasteiger partial charge < -0.3 is 9.15 Å². The van der Waals surface area contributed by atoms with Crippen LogP contribution in [0.4, 0.5) is 0 Å². The number of aromatic nitrogens is 1. The molecule has 13 heavy (non-hydrogen) atoms. The summed E-state index contributed by atoms with van der Waals surface area (Å²) in [5, 5.41) is 0. The molecule has 0 aliphatic carbocycles. The van der Waals surface area contributed by atoms with Crippen LogP contribution in [-0.2, 0) is 0 Å². The Balaban J connectivity index is 2.90. The molecule has 5 heteroatoms. The third-order valence-electron chi connectivity index (χ3n) is 1.70. The van der Waals surface area contributed by atoms with Crippen LogP contribution < -0.4 is 10.5 Å². The number of benzene rings is 1. The van der Waals surface area contributed by atoms with Crippen molar-refractivity contribution in [3.63, 3.8) is 0 Å². The van der Waals surface area contributed by atoms with Crippen molar-refractivity contribution in [1.82, 2.24) is 4.98 Å². The summed E-state index contributed by atoms with van der Waals surface area (Å²) in [6.07, 6.45) is 0. The van der Waals surface area contributed by atoms with Crippen molar-refractivity contribution in [2.75, 3.05) is 7.11 Å². The van der Waals surface area contributed by atoms with Crippen molar-refractivity contribution < 1.29 is 9.15 Å². The van der Waals surface area contributed by atoms with E-state index in [0.717, 1.165) is 4.47 Å². The molecule has 0 atom stereocenters. The van der Waals surface area contributed by atoms with Crippen LogP contribution in [0.3, 0.4) is 0 Å². The number of fused-ring (bicyclic) bond motifs is 1. The average molecular weight is 244 g/mol. The fraction of sp³-hybridized carbons (Fsp3) is 0.125. The summed E-state index contributed by atoms with van der Waals surface area (Å²) >= 11 is 3.29. The van der Waals surface area contributed by atoms with Crippen LogP contribution in [-0.4, -0.2) is 12.1 Å². The topological polar surface area (TPSA) is 55.2 Å². The molecule has 1 aromatic heterocycles. The minimum Gasteiger partial charge on any atom is -0.492 e. The molecule has 0 fully saturated rings. The molecular weight excluding hydrogens is 238 g/mol. The highest BCUT2D eigenvalue weighted by molar-refractivity contribution is 9.10. The zero-order valence-electron chi connectivity index (χ0n) is 6.76. The predicted octanol–water partition coefficient (Wildman–Crippen LogP) is 1.89. The number of hydrogen-bond donors (Lipinski definition) is 1. The molecule has 68 valence electrons. The van der Waals surface area contributed by atoms with Gasteiger partial charge in [-0.25, -0.2) is 4.79 Å². The van der Waals surface area contributed by atoms with E-state index in [0.29, 0.717) is 16.8 Å². The molecule has 1 N–H and O–H groups in total. The lowest BCUT2D eigenvalue weighted by Gasteiger charge is -2.01. The summed E-state index contributed by atoms with van der Waals surface area (Å²) in [6.45, 7) is 0. The van der Waals surface area contributed by atoms with E-state index in [-0.39, 0.29) is 0 Å². The Morgan fingerprint density at radius 2 is 2.31 bits per heavy atom. The van der Waals surface area contributed by atoms with Gasteiger partial charge in [0, 0.05) is 0 Å². The van der Waals surface area contributed by atoms with E-state index >= 15 is 0 Å². The third-order valence-corrected chi connectivity index (χ3v) is 2.32. The van der Waals surface area contributed by atoms with Crippen LogP contribution in [0.1, 0.15) is 0 Å². The number of oxazole rings is 1. The van der Waals surface area contributed by atoms with Gasteiger partial charge >= 0.3 is 5.76 Å². The number of aromatic amines is 1. The number of halogens is 1. The smallest absolute Gasteiger partial charge is 0.417 e. The normalized spacial score (nSPS) is 10.6. The van der Waals surface area contributed by atoms with E-state index in [4.69, 9.17) is 9.15 Å². The average Bonchev–Trinajstić information content (AvgIpc) is 2.45. The Morgan fingerprint density at radius 1 is 1.54 bits per heavy atom. The Labute approximate surface area is 81.6 Å². The number of methoxy groups -OCH3 is 1. The van der Waals surface area contributed by atoms with Crippen molar-refractivity contribution in [2.24, 2.45) is 0 Å². The second kappa shape index (κ2) is 2.92. The first-order valence-corrected chi connectivity index (χ1v) is 4.37. The predicted molar refractivity (Wildman–Crippen MR) is 51.1 cm³/mol. The Morgan fingerprint density at radius 3 is 3.00 bits per heavy atom. The van der Waals surface area contributed by atoms with Gasteiger partial charge in [0.1, 0.15) is 0 Å². The zero-order valence-corrected chi connectivity index (χ0v) is 8.34. The van der Waals surface area contributed by atoms with Crippen molar-refractivity contribution in [3.05, 3.63) is 27.2 Å². The zero-order chi connectivity index (χ0) is 9.42. The number of hydrogen-bond acceptors (Lipinski definition) is 3. The van der Waals surface area contributed by atoms with E-state index in [1.165, 1.54) is 7.11 Å². The Kier molecular flexibility index (Phi) is 1.88. The quantitative estimate of drug-likeness (QED) is 0.833. The minimum absolute atomic E-state index is 0.432. The SMILES string of the molecule is COc1c(Br)ccc2[nH]c(=O)oc12. The molecule has 2 aromatic rings. The maximum absolute atomic E-state index is 10.9. The van der Waals surface area contributed by atoms with Crippen LogP contribution in [0.15, 0.2) is 25.8 Å². The lowest BCUT2D eigenvalue weighted by molar-refractivity contribution is 0.405. The maximum Gasteiger partial charge on any atom is 0.417 e. The van der Waals surface area contributed by atoms with Crippen LogP contribution in [0, 0.1) is 0 Å². The second-order valence-electron chi connectivity index (χ2n) is 2.47. The Hall–Kier alpha value is -1.23. The molecule has 0 amide bonds. The van der Waals surface area contributed by atoms with Crippen molar-refractivity contribution >= 4 is 27.0 Å². The van der Waals surface area contributed by atoms with Gasteiger partial charge in [-0.15, -0.1) is 0 Å². The van der Waals surface area contributed by atoms with Gasteiger partial charge in [-0.3, -0.25) is 4.98 Å². The third kappa shape index (κ3) is 1.25. The van der Waals surface area contributed by atoms with Crippen LogP contribution >= 0.6 is 15.9 Å². The number of H-pyrrole nitrogens is 1. The van der Waals surface area contributed by atoms with Crippen LogP contribution in [0.5, 0.6) is 5.75 Å². The molecule has 0 aliphatic rings. The molecule has 0 aliphatic heterocycles. The molecular formula is C8H6BrNO3. The highest BCUT2D eigenvalue weighted by atomic mass is 79.9. The first-order valence-electron chi connectivity index (χ1n) is 3.57. The summed E-state index contributed by atoms with van der Waals surface area (Å²) in [6, 6.07) is 3.53. The summed E-state index contributed by atoms with van der Waals surface area (Å²) in [5.41, 5.74) is 1.06. The van der Waals surface area contributed by atoms with E-state index < -0.39 is 5.76 Å². The number of nitrogens with one attached hydrogen (secondary N) is 1. The molecule has 1 aromatic carbocycles. The molecule has 1 heterocycles. The van der Waals surface area contributed by atoms with Gasteiger partial charge in [-0.1, -0.05) is 0 Å². The molecule has 0 saturated heterocycles. The molecule has 2 rings (SSSR count). The van der Waals surface area contributed by atoms with Gasteiger partial charge in [-0.05, 0) is 28.1 Å². The van der Waals surface area contributed by atoms with E-state index in [9.17, 15) is 4.79 Å². The van der Waals surface area contributed by atoms with Gasteiger partial charge in [0.05, 0.1) is 17.1 Å². The number of ether oxygens (including phenoxy) is 1. The van der Waals surface area contributed by atoms with Crippen molar-refractivity contribution in [2.45, 2.75) is 0 Å². The standard InChI is InChI=1S/C8H6BrNO3/c1-12-6-4(9)2-3-5-7(6)13-8(11)10-5/h2-3H,1H3,(H,10,11). The van der Waals surface area contributed by atoms with Gasteiger partial charge in [0.15, 0.2) is 11.3 Å². The van der Waals surface area contributed by atoms with E-state index in [2.05, 4.69) is 20.9 Å². The van der Waals surface area contributed by atoms with Gasteiger partial charge in [0.25, 0.3) is 0 Å². The highest BCUT2D eigenvalue weighted by Gasteiger charge is 2.10. The summed E-state index contributed by atoms with van der Waals surface area (Å²) in [5.74, 6) is 0.0437. The van der Waals surface area contributed by atoms with E-state index in [1.807, 2.05) is 0 Å². The summed E-state index contributed by atoms with van der Waals surface area (Å²) in [4.78, 5) is 13.4. The van der Waals surface area contributed by atoms with Gasteiger partial charge in [0.2, 0.25) is 0 Å². The molecule has 0 bridgehead atoms. The molecule has 0 saturated carbocycles. The molecule has 4 nitrogen and oxygen atoms in total. The lowest BCUT2D eigenvalue weighted by Crippen LogP contribution is -1.92. The summed E-state index contributed by atoms with van der Waals surface area (Å²) in [7, 11) is 1.52. The lowest BCUT2D eigenvalue weighted by atomic mass is 10.3. The van der Waals surface area contributed by atoms with Crippen molar-refractivity contribution in [3.8, 4) is 5.75 Å². The largest absolute Gasteiger partial charge is 0.492 e. The monoisotopic (exact) mass is 243 g/mol. The van der Waals surface area contributed by atoms with Crippen LogP contribution in [0.25, 0.3) is 11.1 Å². The minimum atomic E-state index is -0.480. The van der Waals surface area contributed by atoms with Crippen LogP contribution in [0.2, 0.25) is 0 Å². The van der Waals surface area contributed by atoms with Crippen molar-refractivity contribution in [1.29, 1.82) is 0 Å². The fourth-order valence-corrected chi connectivity index (χ4v) is 1.63. The number of rotatable bonds is 1. The highest BCUT2D eigenvalue weighted by Crippen LogP contribution is 2.31.